The normalized spacial score (nSPS) is 14.1. The molecule has 2 amide bonds. The molecule has 0 spiro atoms. The van der Waals surface area contributed by atoms with Gasteiger partial charge in [0, 0.05) is 17.7 Å². The van der Waals surface area contributed by atoms with Crippen LogP contribution in [0.1, 0.15) is 40.2 Å². The van der Waals surface area contributed by atoms with Gasteiger partial charge in [0.15, 0.2) is 18.1 Å². The average molecular weight is 443 g/mol. The van der Waals surface area contributed by atoms with Crippen molar-refractivity contribution in [2.45, 2.75) is 52.2 Å². The maximum atomic E-state index is 12.5. The fourth-order valence-corrected chi connectivity index (χ4v) is 3.34. The minimum Gasteiger partial charge on any atom is -0.495 e. The zero-order chi connectivity index (χ0) is 23.5. The van der Waals surface area contributed by atoms with Crippen LogP contribution in [0.3, 0.4) is 0 Å². The van der Waals surface area contributed by atoms with E-state index in [2.05, 4.69) is 10.6 Å². The number of para-hydroxylation sites is 1. The second-order valence-corrected chi connectivity index (χ2v) is 9.16. The minimum absolute atomic E-state index is 0.193. The Morgan fingerprint density at radius 2 is 1.84 bits per heavy atom. The molecule has 0 atom stereocenters. The molecular formula is C24H30N2O6. The summed E-state index contributed by atoms with van der Waals surface area (Å²) in [4.78, 5) is 24.6. The van der Waals surface area contributed by atoms with E-state index in [1.165, 1.54) is 7.11 Å². The Morgan fingerprint density at radius 1 is 1.09 bits per heavy atom. The SMILES string of the molecule is COc1ccc(NC(=O)COc2cccc3c2OC(C)(C)C3)cc1NC(=O)OC(C)(C)C. The van der Waals surface area contributed by atoms with Crippen molar-refractivity contribution < 1.29 is 28.5 Å². The molecule has 2 aromatic rings. The molecule has 0 aromatic heterocycles. The van der Waals surface area contributed by atoms with Crippen LogP contribution >= 0.6 is 0 Å². The summed E-state index contributed by atoms with van der Waals surface area (Å²) in [6.45, 7) is 9.14. The number of carbonyl (C=O) groups excluding carboxylic acids is 2. The molecule has 8 nitrogen and oxygen atoms in total. The van der Waals surface area contributed by atoms with Crippen molar-refractivity contribution in [1.82, 2.24) is 0 Å². The van der Waals surface area contributed by atoms with Gasteiger partial charge in [0.2, 0.25) is 0 Å². The number of ether oxygens (including phenoxy) is 4. The minimum atomic E-state index is -0.642. The Kier molecular flexibility index (Phi) is 6.52. The molecule has 0 saturated carbocycles. The number of anilines is 2. The zero-order valence-corrected chi connectivity index (χ0v) is 19.3. The first kappa shape index (κ1) is 23.2. The highest BCUT2D eigenvalue weighted by Crippen LogP contribution is 2.41. The predicted molar refractivity (Wildman–Crippen MR) is 122 cm³/mol. The third-order valence-corrected chi connectivity index (χ3v) is 4.53. The van der Waals surface area contributed by atoms with E-state index in [0.717, 1.165) is 12.0 Å². The molecule has 2 N–H and O–H groups in total. The molecule has 32 heavy (non-hydrogen) atoms. The number of benzene rings is 2. The number of amides is 2. The molecule has 0 aliphatic carbocycles. The molecule has 3 rings (SSSR count). The number of hydrogen-bond donors (Lipinski definition) is 2. The molecular weight excluding hydrogens is 412 g/mol. The molecule has 0 radical (unpaired) electrons. The molecule has 1 aliphatic rings. The lowest BCUT2D eigenvalue weighted by atomic mass is 10.0. The van der Waals surface area contributed by atoms with Crippen molar-refractivity contribution in [3.63, 3.8) is 0 Å². The van der Waals surface area contributed by atoms with Gasteiger partial charge in [0.25, 0.3) is 5.91 Å². The summed E-state index contributed by atoms with van der Waals surface area (Å²) >= 11 is 0. The summed E-state index contributed by atoms with van der Waals surface area (Å²) in [7, 11) is 1.49. The molecule has 1 aliphatic heterocycles. The Balaban J connectivity index is 1.64. The van der Waals surface area contributed by atoms with Crippen molar-refractivity contribution in [2.75, 3.05) is 24.4 Å². The standard InChI is InChI=1S/C24H30N2O6/c1-23(2,3)32-22(28)26-17-12-16(10-11-18(17)29-6)25-20(27)14-30-19-9-7-8-15-13-24(4,5)31-21(15)19/h7-12H,13-14H2,1-6H3,(H,25,27)(H,26,28). The van der Waals surface area contributed by atoms with Crippen LogP contribution < -0.4 is 24.8 Å². The highest BCUT2D eigenvalue weighted by molar-refractivity contribution is 5.94. The quantitative estimate of drug-likeness (QED) is 0.669. The lowest BCUT2D eigenvalue weighted by molar-refractivity contribution is -0.118. The van der Waals surface area contributed by atoms with Gasteiger partial charge in [-0.25, -0.2) is 4.79 Å². The van der Waals surface area contributed by atoms with Gasteiger partial charge in [0.1, 0.15) is 17.0 Å². The average Bonchev–Trinajstić information content (AvgIpc) is 2.99. The van der Waals surface area contributed by atoms with Crippen molar-refractivity contribution in [3.05, 3.63) is 42.0 Å². The molecule has 0 fully saturated rings. The van der Waals surface area contributed by atoms with Gasteiger partial charge in [-0.3, -0.25) is 10.1 Å². The molecule has 0 unspecified atom stereocenters. The molecule has 172 valence electrons. The van der Waals surface area contributed by atoms with E-state index < -0.39 is 11.7 Å². The number of nitrogens with one attached hydrogen (secondary N) is 2. The van der Waals surface area contributed by atoms with Gasteiger partial charge < -0.3 is 24.3 Å². The van der Waals surface area contributed by atoms with Gasteiger partial charge in [-0.15, -0.1) is 0 Å². The van der Waals surface area contributed by atoms with E-state index in [4.69, 9.17) is 18.9 Å². The van der Waals surface area contributed by atoms with E-state index in [1.54, 1.807) is 45.0 Å². The Morgan fingerprint density at radius 3 is 2.53 bits per heavy atom. The van der Waals surface area contributed by atoms with Gasteiger partial charge in [0.05, 0.1) is 12.8 Å². The molecule has 8 heteroatoms. The van der Waals surface area contributed by atoms with E-state index in [-0.39, 0.29) is 18.1 Å². The monoisotopic (exact) mass is 442 g/mol. The van der Waals surface area contributed by atoms with Gasteiger partial charge >= 0.3 is 6.09 Å². The predicted octanol–water partition coefficient (Wildman–Crippen LogP) is 4.77. The van der Waals surface area contributed by atoms with Gasteiger partial charge in [-0.05, 0) is 58.9 Å². The van der Waals surface area contributed by atoms with Crippen LogP contribution in [-0.4, -0.2) is 36.9 Å². The number of rotatable bonds is 6. The topological polar surface area (TPSA) is 95.1 Å². The molecule has 1 heterocycles. The van der Waals surface area contributed by atoms with Crippen molar-refractivity contribution in [1.29, 1.82) is 0 Å². The summed E-state index contributed by atoms with van der Waals surface area (Å²) in [5.41, 5.74) is 0.959. The Bertz CT molecular complexity index is 1010. The van der Waals surface area contributed by atoms with Crippen molar-refractivity contribution >= 4 is 23.4 Å². The molecule has 0 saturated heterocycles. The molecule has 2 aromatic carbocycles. The zero-order valence-electron chi connectivity index (χ0n) is 19.3. The first-order chi connectivity index (χ1) is 15.0. The highest BCUT2D eigenvalue weighted by Gasteiger charge is 2.32. The van der Waals surface area contributed by atoms with E-state index in [0.29, 0.717) is 28.6 Å². The second-order valence-electron chi connectivity index (χ2n) is 9.16. The Hall–Kier alpha value is -3.42. The van der Waals surface area contributed by atoms with Crippen LogP contribution in [0, 0.1) is 0 Å². The van der Waals surface area contributed by atoms with Crippen LogP contribution in [0.2, 0.25) is 0 Å². The fourth-order valence-electron chi connectivity index (χ4n) is 3.34. The maximum Gasteiger partial charge on any atom is 0.412 e. The van der Waals surface area contributed by atoms with Gasteiger partial charge in [-0.1, -0.05) is 12.1 Å². The number of methoxy groups -OCH3 is 1. The smallest absolute Gasteiger partial charge is 0.412 e. The van der Waals surface area contributed by atoms with Crippen LogP contribution in [-0.2, 0) is 16.0 Å². The maximum absolute atomic E-state index is 12.5. The van der Waals surface area contributed by atoms with Crippen molar-refractivity contribution in [3.8, 4) is 17.2 Å². The van der Waals surface area contributed by atoms with Crippen LogP contribution in [0.4, 0.5) is 16.2 Å². The number of carbonyl (C=O) groups is 2. The first-order valence-electron chi connectivity index (χ1n) is 10.4. The summed E-state index contributed by atoms with van der Waals surface area (Å²) in [6, 6.07) is 10.6. The van der Waals surface area contributed by atoms with Crippen LogP contribution in [0.15, 0.2) is 36.4 Å². The van der Waals surface area contributed by atoms with E-state index in [1.807, 2.05) is 26.0 Å². The highest BCUT2D eigenvalue weighted by atomic mass is 16.6. The lowest BCUT2D eigenvalue weighted by Crippen LogP contribution is -2.27. The van der Waals surface area contributed by atoms with Crippen molar-refractivity contribution in [2.24, 2.45) is 0 Å². The Labute approximate surface area is 188 Å². The second kappa shape index (κ2) is 8.98. The summed E-state index contributed by atoms with van der Waals surface area (Å²) < 4.78 is 22.2. The summed E-state index contributed by atoms with van der Waals surface area (Å²) in [5, 5.41) is 5.40. The summed E-state index contributed by atoms with van der Waals surface area (Å²) in [6.07, 6.45) is 0.161. The van der Waals surface area contributed by atoms with Crippen LogP contribution in [0.25, 0.3) is 0 Å². The number of fused-ring (bicyclic) bond motifs is 1. The number of hydrogen-bond acceptors (Lipinski definition) is 6. The molecule has 0 bridgehead atoms. The first-order valence-corrected chi connectivity index (χ1v) is 10.4. The lowest BCUT2D eigenvalue weighted by Gasteiger charge is -2.20. The van der Waals surface area contributed by atoms with Gasteiger partial charge in [-0.2, -0.15) is 0 Å². The van der Waals surface area contributed by atoms with E-state index in [9.17, 15) is 9.59 Å². The van der Waals surface area contributed by atoms with Crippen LogP contribution in [0.5, 0.6) is 17.2 Å². The summed E-state index contributed by atoms with van der Waals surface area (Å²) in [5.74, 6) is 1.29. The third kappa shape index (κ3) is 6.06. The fraction of sp³-hybridized carbons (Fsp3) is 0.417. The van der Waals surface area contributed by atoms with E-state index >= 15 is 0 Å². The largest absolute Gasteiger partial charge is 0.495 e. The third-order valence-electron chi connectivity index (χ3n) is 4.53.